The van der Waals surface area contributed by atoms with Crippen molar-refractivity contribution in [3.63, 3.8) is 0 Å². The lowest BCUT2D eigenvalue weighted by molar-refractivity contribution is -0.145. The van der Waals surface area contributed by atoms with Gasteiger partial charge in [0.15, 0.2) is 5.16 Å². The Morgan fingerprint density at radius 2 is 2.19 bits per heavy atom. The van der Waals surface area contributed by atoms with Gasteiger partial charge in [0.1, 0.15) is 6.04 Å². The highest BCUT2D eigenvalue weighted by Gasteiger charge is 2.22. The fraction of sp³-hybridized carbons (Fsp3) is 0.538. The predicted octanol–water partition coefficient (Wildman–Crippen LogP) is 0.566. The second-order valence-electron chi connectivity index (χ2n) is 4.80. The zero-order valence-corrected chi connectivity index (χ0v) is 13.0. The molecule has 1 heterocycles. The molecule has 0 aliphatic heterocycles. The molecule has 0 saturated heterocycles. The van der Waals surface area contributed by atoms with E-state index < -0.39 is 12.0 Å². The maximum Gasteiger partial charge on any atom is 0.328 e. The molecular formula is C13H19N3O4S. The molecule has 1 rings (SSSR count). The molecule has 1 aromatic rings. The summed E-state index contributed by atoms with van der Waals surface area (Å²) >= 11 is 1.09. The number of hydrogen-bond acceptors (Lipinski definition) is 6. The third kappa shape index (κ3) is 6.44. The van der Waals surface area contributed by atoms with Crippen LogP contribution in [0.15, 0.2) is 22.2 Å². The quantitative estimate of drug-likeness (QED) is 0.433. The Morgan fingerprint density at radius 3 is 2.76 bits per heavy atom. The lowest BCUT2D eigenvalue weighted by Crippen LogP contribution is -2.43. The van der Waals surface area contributed by atoms with E-state index in [2.05, 4.69) is 20.0 Å². The fourth-order valence-electron chi connectivity index (χ4n) is 1.62. The van der Waals surface area contributed by atoms with Crippen molar-refractivity contribution < 1.29 is 14.3 Å². The molecule has 116 valence electrons. The molecule has 0 saturated carbocycles. The van der Waals surface area contributed by atoms with Gasteiger partial charge in [-0.1, -0.05) is 25.6 Å². The van der Waals surface area contributed by atoms with Gasteiger partial charge in [-0.25, -0.2) is 9.78 Å². The molecule has 0 fully saturated rings. The van der Waals surface area contributed by atoms with Gasteiger partial charge in [-0.3, -0.25) is 9.59 Å². The number of carbonyl (C=O) groups is 2. The van der Waals surface area contributed by atoms with E-state index in [-0.39, 0.29) is 23.1 Å². The van der Waals surface area contributed by atoms with Gasteiger partial charge in [-0.05, 0) is 12.3 Å². The Labute approximate surface area is 126 Å². The van der Waals surface area contributed by atoms with Crippen LogP contribution >= 0.6 is 11.8 Å². The van der Waals surface area contributed by atoms with Crippen LogP contribution in [0.1, 0.15) is 20.3 Å². The minimum absolute atomic E-state index is 0.0541. The highest BCUT2D eigenvalue weighted by molar-refractivity contribution is 7.99. The molecule has 1 amide bonds. The standard InChI is InChI=1S/C13H19N3O4S/c1-8(2)6-9(12(19)20-3)15-11(18)7-21-13-14-5-4-10(17)16-13/h4-5,8-9H,6-7H2,1-3H3,(H,15,18)(H,14,16,17)/t9-/m0/s1. The van der Waals surface area contributed by atoms with Crippen molar-refractivity contribution in [2.75, 3.05) is 12.9 Å². The number of aromatic amines is 1. The lowest BCUT2D eigenvalue weighted by Gasteiger charge is -2.18. The number of hydrogen-bond donors (Lipinski definition) is 2. The topological polar surface area (TPSA) is 101 Å². The smallest absolute Gasteiger partial charge is 0.328 e. The summed E-state index contributed by atoms with van der Waals surface area (Å²) in [5, 5.41) is 2.99. The number of ether oxygens (including phenoxy) is 1. The molecule has 0 spiro atoms. The van der Waals surface area contributed by atoms with Crippen LogP contribution in [-0.2, 0) is 14.3 Å². The van der Waals surface area contributed by atoms with E-state index in [9.17, 15) is 14.4 Å². The Bertz CT molecular complexity index is 544. The lowest BCUT2D eigenvalue weighted by atomic mass is 10.0. The monoisotopic (exact) mass is 313 g/mol. The van der Waals surface area contributed by atoms with Crippen LogP contribution in [0.5, 0.6) is 0 Å². The highest BCUT2D eigenvalue weighted by Crippen LogP contribution is 2.10. The number of aromatic nitrogens is 2. The number of methoxy groups -OCH3 is 1. The molecule has 21 heavy (non-hydrogen) atoms. The number of nitrogens with zero attached hydrogens (tertiary/aromatic N) is 1. The number of amides is 1. The molecule has 8 heteroatoms. The number of nitrogens with one attached hydrogen (secondary N) is 2. The molecule has 0 aliphatic rings. The van der Waals surface area contributed by atoms with Gasteiger partial charge < -0.3 is 15.0 Å². The van der Waals surface area contributed by atoms with Crippen LogP contribution in [0.2, 0.25) is 0 Å². The van der Waals surface area contributed by atoms with E-state index in [1.807, 2.05) is 13.8 Å². The molecule has 2 N–H and O–H groups in total. The van der Waals surface area contributed by atoms with E-state index >= 15 is 0 Å². The number of carbonyl (C=O) groups excluding carboxylic acids is 2. The zero-order valence-electron chi connectivity index (χ0n) is 12.2. The molecule has 0 aromatic carbocycles. The fourth-order valence-corrected chi connectivity index (χ4v) is 2.28. The van der Waals surface area contributed by atoms with Crippen LogP contribution in [-0.4, -0.2) is 40.7 Å². The third-order valence-electron chi connectivity index (χ3n) is 2.52. The number of thioether (sulfide) groups is 1. The molecule has 0 radical (unpaired) electrons. The highest BCUT2D eigenvalue weighted by atomic mass is 32.2. The maximum atomic E-state index is 11.9. The van der Waals surface area contributed by atoms with E-state index in [0.29, 0.717) is 11.6 Å². The first kappa shape index (κ1) is 17.2. The SMILES string of the molecule is COC(=O)[C@H](CC(C)C)NC(=O)CSc1nccc(=O)[nH]1. The molecule has 1 atom stereocenters. The van der Waals surface area contributed by atoms with Gasteiger partial charge in [0, 0.05) is 12.3 Å². The largest absolute Gasteiger partial charge is 0.467 e. The van der Waals surface area contributed by atoms with E-state index in [0.717, 1.165) is 11.8 Å². The summed E-state index contributed by atoms with van der Waals surface area (Å²) in [4.78, 5) is 41.0. The normalized spacial score (nSPS) is 12.0. The van der Waals surface area contributed by atoms with Crippen molar-refractivity contribution in [1.29, 1.82) is 0 Å². The summed E-state index contributed by atoms with van der Waals surface area (Å²) in [6, 6.07) is 0.630. The summed E-state index contributed by atoms with van der Waals surface area (Å²) in [5.74, 6) is -0.483. The van der Waals surface area contributed by atoms with Crippen molar-refractivity contribution in [3.05, 3.63) is 22.6 Å². The van der Waals surface area contributed by atoms with Crippen molar-refractivity contribution in [1.82, 2.24) is 15.3 Å². The summed E-state index contributed by atoms with van der Waals surface area (Å²) in [7, 11) is 1.29. The van der Waals surface area contributed by atoms with Crippen LogP contribution in [0, 0.1) is 5.92 Å². The Hall–Kier alpha value is -1.83. The van der Waals surface area contributed by atoms with E-state index in [4.69, 9.17) is 0 Å². The van der Waals surface area contributed by atoms with Gasteiger partial charge in [-0.15, -0.1) is 0 Å². The van der Waals surface area contributed by atoms with Crippen molar-refractivity contribution in [3.8, 4) is 0 Å². The Balaban J connectivity index is 2.53. The average Bonchev–Trinajstić information content (AvgIpc) is 2.43. The van der Waals surface area contributed by atoms with Gasteiger partial charge in [0.25, 0.3) is 5.56 Å². The molecule has 0 aliphatic carbocycles. The first-order valence-corrected chi connectivity index (χ1v) is 7.46. The molecular weight excluding hydrogens is 294 g/mol. The van der Waals surface area contributed by atoms with Gasteiger partial charge in [0.05, 0.1) is 12.9 Å². The summed E-state index contributed by atoms with van der Waals surface area (Å²) in [6.07, 6.45) is 1.87. The number of rotatable bonds is 7. The maximum absolute atomic E-state index is 11.9. The summed E-state index contributed by atoms with van der Waals surface area (Å²) in [5.41, 5.74) is -0.278. The first-order chi connectivity index (χ1) is 9.92. The van der Waals surface area contributed by atoms with Crippen molar-refractivity contribution in [2.24, 2.45) is 5.92 Å². The molecule has 0 bridgehead atoms. The summed E-state index contributed by atoms with van der Waals surface area (Å²) < 4.78 is 4.67. The van der Waals surface area contributed by atoms with Crippen LogP contribution in [0.3, 0.4) is 0 Å². The van der Waals surface area contributed by atoms with E-state index in [1.54, 1.807) is 0 Å². The molecule has 7 nitrogen and oxygen atoms in total. The second-order valence-corrected chi connectivity index (χ2v) is 5.76. The number of esters is 1. The van der Waals surface area contributed by atoms with Gasteiger partial charge in [-0.2, -0.15) is 0 Å². The minimum Gasteiger partial charge on any atom is -0.467 e. The van der Waals surface area contributed by atoms with Crippen LogP contribution in [0.4, 0.5) is 0 Å². The van der Waals surface area contributed by atoms with E-state index in [1.165, 1.54) is 19.4 Å². The van der Waals surface area contributed by atoms with Crippen molar-refractivity contribution in [2.45, 2.75) is 31.5 Å². The Kier molecular flexibility index (Phi) is 6.93. The molecule has 1 aromatic heterocycles. The zero-order chi connectivity index (χ0) is 15.8. The van der Waals surface area contributed by atoms with Crippen molar-refractivity contribution >= 4 is 23.6 Å². The average molecular weight is 313 g/mol. The van der Waals surface area contributed by atoms with Gasteiger partial charge >= 0.3 is 5.97 Å². The predicted molar refractivity (Wildman–Crippen MR) is 79.0 cm³/mol. The second kappa shape index (κ2) is 8.46. The van der Waals surface area contributed by atoms with Crippen LogP contribution in [0.25, 0.3) is 0 Å². The summed E-state index contributed by atoms with van der Waals surface area (Å²) in [6.45, 7) is 3.91. The minimum atomic E-state index is -0.661. The van der Waals surface area contributed by atoms with Crippen LogP contribution < -0.4 is 10.9 Å². The molecule has 0 unspecified atom stereocenters. The van der Waals surface area contributed by atoms with Gasteiger partial charge in [0.2, 0.25) is 5.91 Å². The third-order valence-corrected chi connectivity index (χ3v) is 3.40. The number of H-pyrrole nitrogens is 1. The first-order valence-electron chi connectivity index (χ1n) is 6.47. The Morgan fingerprint density at radius 1 is 1.48 bits per heavy atom.